The maximum atomic E-state index is 12.2. The number of carbonyl (C=O) groups excluding carboxylic acids is 1. The molecule has 0 saturated heterocycles. The van der Waals surface area contributed by atoms with Gasteiger partial charge in [-0.25, -0.2) is 4.79 Å². The molecule has 24 heavy (non-hydrogen) atoms. The Morgan fingerprint density at radius 3 is 2.67 bits per heavy atom. The smallest absolute Gasteiger partial charge is 0.407 e. The Morgan fingerprint density at radius 2 is 2.00 bits per heavy atom. The summed E-state index contributed by atoms with van der Waals surface area (Å²) in [5.74, 6) is 0. The van der Waals surface area contributed by atoms with Crippen molar-refractivity contribution in [1.82, 2.24) is 5.32 Å². The van der Waals surface area contributed by atoms with E-state index in [0.717, 1.165) is 31.2 Å². The highest BCUT2D eigenvalue weighted by molar-refractivity contribution is 6.31. The molecule has 1 amide bonds. The van der Waals surface area contributed by atoms with E-state index < -0.39 is 18.3 Å². The van der Waals surface area contributed by atoms with Gasteiger partial charge in [0.1, 0.15) is 19.0 Å². The fourth-order valence-electron chi connectivity index (χ4n) is 3.00. The monoisotopic (exact) mass is 355 g/mol. The Bertz CT molecular complexity index is 519. The Morgan fingerprint density at radius 1 is 1.29 bits per heavy atom. The Labute approximate surface area is 148 Å². The highest BCUT2D eigenvalue weighted by Gasteiger charge is 2.26. The van der Waals surface area contributed by atoms with Gasteiger partial charge >= 0.3 is 6.09 Å². The van der Waals surface area contributed by atoms with Crippen LogP contribution in [0.4, 0.5) is 4.79 Å². The standard InChI is InChI=1S/C18H26ClNO4/c1-13(24-18(21)20-14-8-4-3-5-9-14)17(23-12-22-2)15-10-6-7-11-16(15)19/h6-7,10-11,13-14,17H,3-5,8-9,12H2,1-2H3,(H,20,21). The molecule has 2 rings (SSSR count). The maximum Gasteiger partial charge on any atom is 0.407 e. The van der Waals surface area contributed by atoms with Crippen LogP contribution in [0.25, 0.3) is 0 Å². The molecule has 2 atom stereocenters. The second-order valence-corrected chi connectivity index (χ2v) is 6.51. The second-order valence-electron chi connectivity index (χ2n) is 6.11. The molecule has 0 spiro atoms. The van der Waals surface area contributed by atoms with E-state index in [-0.39, 0.29) is 12.8 Å². The summed E-state index contributed by atoms with van der Waals surface area (Å²) in [6.07, 6.45) is 4.17. The molecule has 1 fully saturated rings. The number of methoxy groups -OCH3 is 1. The number of alkyl carbamates (subject to hydrolysis) is 1. The normalized spacial score (nSPS) is 18.0. The van der Waals surface area contributed by atoms with Gasteiger partial charge in [-0.2, -0.15) is 0 Å². The van der Waals surface area contributed by atoms with Crippen molar-refractivity contribution in [3.8, 4) is 0 Å². The van der Waals surface area contributed by atoms with Crippen LogP contribution in [0, 0.1) is 0 Å². The highest BCUT2D eigenvalue weighted by atomic mass is 35.5. The van der Waals surface area contributed by atoms with Gasteiger partial charge in [0.05, 0.1) is 0 Å². The zero-order valence-corrected chi connectivity index (χ0v) is 15.1. The van der Waals surface area contributed by atoms with Gasteiger partial charge in [-0.1, -0.05) is 49.1 Å². The van der Waals surface area contributed by atoms with Crippen molar-refractivity contribution >= 4 is 17.7 Å². The number of amides is 1. The lowest BCUT2D eigenvalue weighted by atomic mass is 9.96. The van der Waals surface area contributed by atoms with E-state index in [2.05, 4.69) is 5.32 Å². The van der Waals surface area contributed by atoms with E-state index in [9.17, 15) is 4.79 Å². The summed E-state index contributed by atoms with van der Waals surface area (Å²) in [5, 5.41) is 3.52. The summed E-state index contributed by atoms with van der Waals surface area (Å²) in [7, 11) is 1.55. The lowest BCUT2D eigenvalue weighted by Gasteiger charge is -2.27. The maximum absolute atomic E-state index is 12.2. The number of ether oxygens (including phenoxy) is 3. The lowest BCUT2D eigenvalue weighted by molar-refractivity contribution is -0.112. The SMILES string of the molecule is COCOC(c1ccccc1Cl)C(C)OC(=O)NC1CCCCC1. The summed E-state index contributed by atoms with van der Waals surface area (Å²) in [4.78, 5) is 12.2. The van der Waals surface area contributed by atoms with Crippen LogP contribution in [0.1, 0.15) is 50.7 Å². The predicted octanol–water partition coefficient (Wildman–Crippen LogP) is 4.45. The molecular weight excluding hydrogens is 330 g/mol. The van der Waals surface area contributed by atoms with Crippen LogP contribution in [-0.4, -0.2) is 32.1 Å². The largest absolute Gasteiger partial charge is 0.443 e. The van der Waals surface area contributed by atoms with Gasteiger partial charge in [-0.05, 0) is 25.8 Å². The van der Waals surface area contributed by atoms with Crippen LogP contribution < -0.4 is 5.32 Å². The molecular formula is C18H26ClNO4. The average molecular weight is 356 g/mol. The Hall–Kier alpha value is -1.30. The third-order valence-corrected chi connectivity index (χ3v) is 4.57. The average Bonchev–Trinajstić information content (AvgIpc) is 2.57. The quantitative estimate of drug-likeness (QED) is 0.734. The van der Waals surface area contributed by atoms with E-state index in [1.807, 2.05) is 18.2 Å². The van der Waals surface area contributed by atoms with E-state index >= 15 is 0 Å². The number of rotatable bonds is 7. The highest BCUT2D eigenvalue weighted by Crippen LogP contribution is 2.29. The third kappa shape index (κ3) is 5.65. The number of hydrogen-bond donors (Lipinski definition) is 1. The number of carbonyl (C=O) groups is 1. The second kappa shape index (κ2) is 9.87. The molecule has 0 aliphatic heterocycles. The van der Waals surface area contributed by atoms with E-state index in [4.69, 9.17) is 25.8 Å². The summed E-state index contributed by atoms with van der Waals surface area (Å²) in [5.41, 5.74) is 0.772. The molecule has 0 aromatic heterocycles. The molecule has 2 unspecified atom stereocenters. The van der Waals surface area contributed by atoms with Crippen LogP contribution in [-0.2, 0) is 14.2 Å². The van der Waals surface area contributed by atoms with Crippen LogP contribution in [0.15, 0.2) is 24.3 Å². The molecule has 1 N–H and O–H groups in total. The minimum absolute atomic E-state index is 0.0911. The first-order chi connectivity index (χ1) is 11.6. The van der Waals surface area contributed by atoms with Gasteiger partial charge in [0, 0.05) is 23.7 Å². The fourth-order valence-corrected chi connectivity index (χ4v) is 3.25. The van der Waals surface area contributed by atoms with Crippen molar-refractivity contribution in [3.63, 3.8) is 0 Å². The molecule has 134 valence electrons. The van der Waals surface area contributed by atoms with Crippen molar-refractivity contribution in [2.45, 2.75) is 57.3 Å². The number of nitrogens with one attached hydrogen (secondary N) is 1. The fraction of sp³-hybridized carbons (Fsp3) is 0.611. The Kier molecular flexibility index (Phi) is 7.82. The third-order valence-electron chi connectivity index (χ3n) is 4.22. The molecule has 5 nitrogen and oxygen atoms in total. The minimum atomic E-state index is -0.497. The zero-order valence-electron chi connectivity index (χ0n) is 14.3. The molecule has 1 aromatic carbocycles. The predicted molar refractivity (Wildman–Crippen MR) is 93.1 cm³/mol. The summed E-state index contributed by atoms with van der Waals surface area (Å²) in [6.45, 7) is 1.89. The van der Waals surface area contributed by atoms with Gasteiger partial charge in [-0.15, -0.1) is 0 Å². The molecule has 0 bridgehead atoms. The number of halogens is 1. The zero-order chi connectivity index (χ0) is 17.4. The van der Waals surface area contributed by atoms with Crippen molar-refractivity contribution in [3.05, 3.63) is 34.9 Å². The first kappa shape index (κ1) is 19.0. The van der Waals surface area contributed by atoms with Crippen molar-refractivity contribution in [2.24, 2.45) is 0 Å². The van der Waals surface area contributed by atoms with Crippen LogP contribution in [0.3, 0.4) is 0 Å². The molecule has 1 aliphatic carbocycles. The molecule has 1 saturated carbocycles. The molecule has 1 aromatic rings. The molecule has 0 heterocycles. The summed E-state index contributed by atoms with van der Waals surface area (Å²) < 4.78 is 16.2. The van der Waals surface area contributed by atoms with Gasteiger partial charge in [0.25, 0.3) is 0 Å². The number of hydrogen-bond acceptors (Lipinski definition) is 4. The topological polar surface area (TPSA) is 56.8 Å². The molecule has 6 heteroatoms. The van der Waals surface area contributed by atoms with E-state index in [1.54, 1.807) is 20.1 Å². The van der Waals surface area contributed by atoms with Crippen molar-refractivity contribution < 1.29 is 19.0 Å². The van der Waals surface area contributed by atoms with Gasteiger partial charge in [0.2, 0.25) is 0 Å². The van der Waals surface area contributed by atoms with Crippen LogP contribution >= 0.6 is 11.6 Å². The first-order valence-corrected chi connectivity index (χ1v) is 8.81. The van der Waals surface area contributed by atoms with Crippen molar-refractivity contribution in [1.29, 1.82) is 0 Å². The molecule has 0 radical (unpaired) electrons. The summed E-state index contributed by atoms with van der Waals surface area (Å²) >= 11 is 6.26. The van der Waals surface area contributed by atoms with Crippen molar-refractivity contribution in [2.75, 3.05) is 13.9 Å². The molecule has 1 aliphatic rings. The van der Waals surface area contributed by atoms with E-state index in [1.165, 1.54) is 6.42 Å². The first-order valence-electron chi connectivity index (χ1n) is 8.44. The van der Waals surface area contributed by atoms with Gasteiger partial charge in [0.15, 0.2) is 0 Å². The summed E-state index contributed by atoms with van der Waals surface area (Å²) in [6, 6.07) is 7.58. The van der Waals surface area contributed by atoms with Gasteiger partial charge in [-0.3, -0.25) is 0 Å². The van der Waals surface area contributed by atoms with Crippen LogP contribution in [0.2, 0.25) is 5.02 Å². The lowest BCUT2D eigenvalue weighted by Crippen LogP contribution is -2.39. The van der Waals surface area contributed by atoms with E-state index in [0.29, 0.717) is 5.02 Å². The Balaban J connectivity index is 1.97. The van der Waals surface area contributed by atoms with Crippen LogP contribution in [0.5, 0.6) is 0 Å². The van der Waals surface area contributed by atoms with Gasteiger partial charge < -0.3 is 19.5 Å². The minimum Gasteiger partial charge on any atom is -0.443 e. The number of benzene rings is 1.